The molecule has 1 aliphatic heterocycles. The maximum Gasteiger partial charge on any atom is 0.317 e. The van der Waals surface area contributed by atoms with Crippen molar-refractivity contribution >= 4 is 17.0 Å². The Morgan fingerprint density at radius 3 is 2.76 bits per heavy atom. The van der Waals surface area contributed by atoms with E-state index in [2.05, 4.69) is 12.2 Å². The topological polar surface area (TPSA) is 63.9 Å². The van der Waals surface area contributed by atoms with Crippen LogP contribution in [0.25, 0.3) is 11.0 Å². The Morgan fingerprint density at radius 1 is 1.32 bits per heavy atom. The maximum absolute atomic E-state index is 12.3. The molecule has 2 heterocycles. The van der Waals surface area contributed by atoms with E-state index in [9.17, 15) is 4.79 Å². The van der Waals surface area contributed by atoms with E-state index in [1.54, 1.807) is 11.9 Å². The van der Waals surface area contributed by atoms with Crippen LogP contribution in [-0.4, -0.2) is 43.5 Å². The van der Waals surface area contributed by atoms with Gasteiger partial charge in [0, 0.05) is 25.4 Å². The molecular formula is C19H26N2O4. The van der Waals surface area contributed by atoms with Crippen molar-refractivity contribution in [3.8, 4) is 0 Å². The zero-order chi connectivity index (χ0) is 17.9. The van der Waals surface area contributed by atoms with Gasteiger partial charge in [-0.25, -0.2) is 4.79 Å². The second-order valence-corrected chi connectivity index (χ2v) is 6.93. The molecule has 25 heavy (non-hydrogen) atoms. The van der Waals surface area contributed by atoms with Crippen LogP contribution in [0.4, 0.5) is 4.79 Å². The highest BCUT2D eigenvalue weighted by atomic mass is 16.7. The number of rotatable bonds is 6. The molecule has 0 radical (unpaired) electrons. The van der Waals surface area contributed by atoms with Crippen molar-refractivity contribution in [2.24, 2.45) is 5.92 Å². The van der Waals surface area contributed by atoms with Crippen LogP contribution in [0.3, 0.4) is 0 Å². The number of nitrogens with one attached hydrogen (secondary N) is 1. The highest BCUT2D eigenvalue weighted by Crippen LogP contribution is 2.26. The van der Waals surface area contributed by atoms with E-state index in [0.29, 0.717) is 26.3 Å². The molecule has 6 heteroatoms. The van der Waals surface area contributed by atoms with Gasteiger partial charge in [0.1, 0.15) is 11.3 Å². The van der Waals surface area contributed by atoms with Crippen molar-refractivity contribution in [3.05, 3.63) is 36.1 Å². The van der Waals surface area contributed by atoms with Crippen LogP contribution < -0.4 is 5.32 Å². The van der Waals surface area contributed by atoms with Crippen molar-refractivity contribution in [2.75, 3.05) is 26.8 Å². The maximum atomic E-state index is 12.3. The second kappa shape index (κ2) is 7.45. The fourth-order valence-corrected chi connectivity index (χ4v) is 3.20. The second-order valence-electron chi connectivity index (χ2n) is 6.93. The van der Waals surface area contributed by atoms with E-state index >= 15 is 0 Å². The number of hydrogen-bond acceptors (Lipinski definition) is 4. The van der Waals surface area contributed by atoms with Gasteiger partial charge in [-0.3, -0.25) is 0 Å². The van der Waals surface area contributed by atoms with Gasteiger partial charge >= 0.3 is 6.03 Å². The van der Waals surface area contributed by atoms with E-state index in [0.717, 1.165) is 23.2 Å². The summed E-state index contributed by atoms with van der Waals surface area (Å²) in [7, 11) is 1.76. The summed E-state index contributed by atoms with van der Waals surface area (Å²) >= 11 is 0. The van der Waals surface area contributed by atoms with Gasteiger partial charge in [-0.1, -0.05) is 25.1 Å². The first-order valence-corrected chi connectivity index (χ1v) is 8.69. The third-order valence-corrected chi connectivity index (χ3v) is 4.44. The summed E-state index contributed by atoms with van der Waals surface area (Å²) in [6.07, 6.45) is 0.751. The van der Waals surface area contributed by atoms with Crippen molar-refractivity contribution in [3.63, 3.8) is 0 Å². The Bertz CT molecular complexity index is 688. The third kappa shape index (κ3) is 4.52. The predicted octanol–water partition coefficient (Wildman–Crippen LogP) is 3.36. The highest BCUT2D eigenvalue weighted by molar-refractivity contribution is 5.78. The summed E-state index contributed by atoms with van der Waals surface area (Å²) in [6, 6.07) is 9.68. The van der Waals surface area contributed by atoms with Crippen LogP contribution in [0, 0.1) is 5.92 Å². The number of hydrogen-bond donors (Lipinski definition) is 1. The fraction of sp³-hybridized carbons (Fsp3) is 0.526. The van der Waals surface area contributed by atoms with E-state index < -0.39 is 5.79 Å². The average molecular weight is 346 g/mol. The SMILES string of the molecule is CC(CNC(=O)N(C)Cc1cc2ccccc2o1)CC1(C)OCCO1. The van der Waals surface area contributed by atoms with Gasteiger partial charge in [0.05, 0.1) is 19.8 Å². The van der Waals surface area contributed by atoms with Crippen LogP contribution in [-0.2, 0) is 16.0 Å². The van der Waals surface area contributed by atoms with Gasteiger partial charge in [-0.05, 0) is 25.0 Å². The molecule has 0 saturated carbocycles. The average Bonchev–Trinajstić information content (AvgIpc) is 3.18. The lowest BCUT2D eigenvalue weighted by atomic mass is 10.0. The molecule has 1 saturated heterocycles. The first-order chi connectivity index (χ1) is 12.0. The van der Waals surface area contributed by atoms with Crippen molar-refractivity contribution in [1.82, 2.24) is 10.2 Å². The van der Waals surface area contributed by atoms with Gasteiger partial charge in [-0.15, -0.1) is 0 Å². The van der Waals surface area contributed by atoms with Gasteiger partial charge in [0.25, 0.3) is 0 Å². The minimum Gasteiger partial charge on any atom is -0.459 e. The van der Waals surface area contributed by atoms with Gasteiger partial charge in [0.2, 0.25) is 0 Å². The number of ether oxygens (including phenoxy) is 2. The Morgan fingerprint density at radius 2 is 2.04 bits per heavy atom. The fourth-order valence-electron chi connectivity index (χ4n) is 3.20. The van der Waals surface area contributed by atoms with Crippen LogP contribution in [0.2, 0.25) is 0 Å². The van der Waals surface area contributed by atoms with Crippen LogP contribution in [0.5, 0.6) is 0 Å². The molecule has 1 fully saturated rings. The summed E-state index contributed by atoms with van der Waals surface area (Å²) < 4.78 is 17.0. The molecule has 1 aromatic heterocycles. The number of benzene rings is 1. The van der Waals surface area contributed by atoms with Gasteiger partial charge in [0.15, 0.2) is 5.79 Å². The zero-order valence-corrected chi connectivity index (χ0v) is 15.1. The Balaban J connectivity index is 1.47. The van der Waals surface area contributed by atoms with Crippen LogP contribution >= 0.6 is 0 Å². The smallest absolute Gasteiger partial charge is 0.317 e. The van der Waals surface area contributed by atoms with Crippen LogP contribution in [0.15, 0.2) is 34.7 Å². The van der Waals surface area contributed by atoms with Crippen molar-refractivity contribution in [1.29, 1.82) is 0 Å². The molecule has 1 atom stereocenters. The first-order valence-electron chi connectivity index (χ1n) is 8.69. The standard InChI is InChI=1S/C19H26N2O4/c1-14(11-19(2)23-8-9-24-19)12-20-18(22)21(3)13-16-10-15-6-4-5-7-17(15)25-16/h4-7,10,14H,8-9,11-13H2,1-3H3,(H,20,22). The molecule has 1 aliphatic rings. The summed E-state index contributed by atoms with van der Waals surface area (Å²) in [5.41, 5.74) is 0.838. The molecule has 0 aliphatic carbocycles. The lowest BCUT2D eigenvalue weighted by Crippen LogP contribution is -2.40. The number of carbonyl (C=O) groups is 1. The Hall–Kier alpha value is -2.05. The molecule has 1 unspecified atom stereocenters. The number of furan rings is 1. The molecule has 0 spiro atoms. The lowest BCUT2D eigenvalue weighted by molar-refractivity contribution is -0.153. The van der Waals surface area contributed by atoms with E-state index in [-0.39, 0.29) is 11.9 Å². The van der Waals surface area contributed by atoms with Crippen molar-refractivity contribution in [2.45, 2.75) is 32.6 Å². The number of urea groups is 1. The third-order valence-electron chi connectivity index (χ3n) is 4.44. The molecule has 3 rings (SSSR count). The number of amides is 2. The highest BCUT2D eigenvalue weighted by Gasteiger charge is 2.32. The van der Waals surface area contributed by atoms with E-state index in [1.807, 2.05) is 37.3 Å². The van der Waals surface area contributed by atoms with Crippen LogP contribution in [0.1, 0.15) is 26.0 Å². The summed E-state index contributed by atoms with van der Waals surface area (Å²) in [4.78, 5) is 13.9. The van der Waals surface area contributed by atoms with E-state index in [4.69, 9.17) is 13.9 Å². The Labute approximate surface area is 148 Å². The predicted molar refractivity (Wildman–Crippen MR) is 95.2 cm³/mol. The minimum absolute atomic E-state index is 0.120. The molecule has 2 aromatic rings. The minimum atomic E-state index is -0.523. The number of fused-ring (bicyclic) bond motifs is 1. The summed E-state index contributed by atoms with van der Waals surface area (Å²) in [6.45, 7) is 6.30. The monoisotopic (exact) mass is 346 g/mol. The van der Waals surface area contributed by atoms with E-state index in [1.165, 1.54) is 0 Å². The summed E-state index contributed by atoms with van der Waals surface area (Å²) in [5.74, 6) is 0.503. The first kappa shape index (κ1) is 17.8. The molecule has 1 aromatic carbocycles. The number of nitrogens with zero attached hydrogens (tertiary/aromatic N) is 1. The zero-order valence-electron chi connectivity index (χ0n) is 15.1. The normalized spacial score (nSPS) is 17.6. The number of carbonyl (C=O) groups excluding carboxylic acids is 1. The van der Waals surface area contributed by atoms with Gasteiger partial charge < -0.3 is 24.1 Å². The Kier molecular flexibility index (Phi) is 5.30. The van der Waals surface area contributed by atoms with Crippen molar-refractivity contribution < 1.29 is 18.7 Å². The quantitative estimate of drug-likeness (QED) is 0.871. The van der Waals surface area contributed by atoms with Gasteiger partial charge in [-0.2, -0.15) is 0 Å². The molecular weight excluding hydrogens is 320 g/mol. The molecule has 136 valence electrons. The molecule has 6 nitrogen and oxygen atoms in total. The lowest BCUT2D eigenvalue weighted by Gasteiger charge is -2.26. The largest absolute Gasteiger partial charge is 0.459 e. The summed E-state index contributed by atoms with van der Waals surface area (Å²) in [5, 5.41) is 4.01. The number of para-hydroxylation sites is 1. The molecule has 2 amide bonds. The molecule has 0 bridgehead atoms. The molecule has 1 N–H and O–H groups in total.